The minimum atomic E-state index is -0.328. The summed E-state index contributed by atoms with van der Waals surface area (Å²) in [5, 5.41) is 15.2. The van der Waals surface area contributed by atoms with Crippen LogP contribution >= 0.6 is 0 Å². The summed E-state index contributed by atoms with van der Waals surface area (Å²) >= 11 is 0. The molecule has 0 aliphatic carbocycles. The van der Waals surface area contributed by atoms with Crippen molar-refractivity contribution < 1.29 is 0 Å². The molecule has 0 saturated carbocycles. The number of nitriles is 1. The van der Waals surface area contributed by atoms with Gasteiger partial charge in [-0.2, -0.15) is 10.4 Å². The number of nitrogens with one attached hydrogen (secondary N) is 1. The summed E-state index contributed by atoms with van der Waals surface area (Å²) in [6.45, 7) is 2.02. The fourth-order valence-electron chi connectivity index (χ4n) is 1.93. The van der Waals surface area contributed by atoms with Gasteiger partial charge in [0.1, 0.15) is 0 Å². The van der Waals surface area contributed by atoms with Gasteiger partial charge in [-0.05, 0) is 30.7 Å². The van der Waals surface area contributed by atoms with Crippen LogP contribution in [0, 0.1) is 11.3 Å². The largest absolute Gasteiger partial charge is 0.347 e. The predicted molar refractivity (Wildman–Crippen MR) is 70.7 cm³/mol. The molecule has 0 amide bonds. The van der Waals surface area contributed by atoms with Gasteiger partial charge in [-0.1, -0.05) is 13.3 Å². The summed E-state index contributed by atoms with van der Waals surface area (Å²) in [6.07, 6.45) is 1.66. The molecule has 1 aromatic carbocycles. The Hall–Kier alpha value is -2.39. The monoisotopic (exact) mass is 257 g/mol. The van der Waals surface area contributed by atoms with Crippen molar-refractivity contribution in [3.63, 3.8) is 0 Å². The van der Waals surface area contributed by atoms with Crippen LogP contribution in [0.3, 0.4) is 0 Å². The maximum atomic E-state index is 11.8. The summed E-state index contributed by atoms with van der Waals surface area (Å²) in [4.78, 5) is 11.8. The van der Waals surface area contributed by atoms with Gasteiger partial charge >= 0.3 is 5.69 Å². The maximum absolute atomic E-state index is 11.8. The lowest BCUT2D eigenvalue weighted by Gasteiger charge is -2.11. The predicted octanol–water partition coefficient (Wildman–Crippen LogP) is 1.23. The standard InChI is InChI=1S/C13H15N5O/c1-2-3-11(15)12-16-17-13(19)18(12)10-6-4-9(8-14)5-7-10/h4-7,11H,2-3,15H2,1H3,(H,17,19). The van der Waals surface area contributed by atoms with E-state index in [0.29, 0.717) is 17.1 Å². The molecular weight excluding hydrogens is 242 g/mol. The normalized spacial score (nSPS) is 12.1. The minimum Gasteiger partial charge on any atom is -0.321 e. The molecule has 1 atom stereocenters. The molecule has 2 rings (SSSR count). The van der Waals surface area contributed by atoms with Crippen LogP contribution in [0.1, 0.15) is 37.2 Å². The Balaban J connectivity index is 2.46. The van der Waals surface area contributed by atoms with Crippen LogP contribution in [-0.2, 0) is 0 Å². The van der Waals surface area contributed by atoms with Crippen LogP contribution in [0.25, 0.3) is 5.69 Å². The summed E-state index contributed by atoms with van der Waals surface area (Å²) < 4.78 is 1.45. The van der Waals surface area contributed by atoms with Crippen molar-refractivity contribution in [2.75, 3.05) is 0 Å². The number of rotatable bonds is 4. The number of nitrogens with zero attached hydrogens (tertiary/aromatic N) is 3. The highest BCUT2D eigenvalue weighted by Gasteiger charge is 2.16. The maximum Gasteiger partial charge on any atom is 0.347 e. The lowest BCUT2D eigenvalue weighted by atomic mass is 10.1. The highest BCUT2D eigenvalue weighted by Crippen LogP contribution is 2.16. The second-order valence-corrected chi connectivity index (χ2v) is 4.28. The van der Waals surface area contributed by atoms with Crippen molar-refractivity contribution in [3.8, 4) is 11.8 Å². The van der Waals surface area contributed by atoms with Crippen molar-refractivity contribution in [1.29, 1.82) is 5.26 Å². The molecule has 1 unspecified atom stereocenters. The van der Waals surface area contributed by atoms with Gasteiger partial charge in [0.25, 0.3) is 0 Å². The van der Waals surface area contributed by atoms with E-state index in [1.165, 1.54) is 4.57 Å². The topological polar surface area (TPSA) is 100 Å². The van der Waals surface area contributed by atoms with Crippen LogP contribution in [-0.4, -0.2) is 14.8 Å². The molecule has 0 bridgehead atoms. The van der Waals surface area contributed by atoms with E-state index >= 15 is 0 Å². The van der Waals surface area contributed by atoms with E-state index < -0.39 is 0 Å². The third-order valence-corrected chi connectivity index (χ3v) is 2.88. The molecule has 0 fully saturated rings. The third kappa shape index (κ3) is 2.56. The molecule has 19 heavy (non-hydrogen) atoms. The van der Waals surface area contributed by atoms with Gasteiger partial charge < -0.3 is 5.73 Å². The van der Waals surface area contributed by atoms with Crippen LogP contribution in [0.15, 0.2) is 29.1 Å². The zero-order chi connectivity index (χ0) is 13.8. The number of H-pyrrole nitrogens is 1. The van der Waals surface area contributed by atoms with Crippen molar-refractivity contribution in [1.82, 2.24) is 14.8 Å². The molecule has 0 radical (unpaired) electrons. The number of hydrogen-bond donors (Lipinski definition) is 2. The fraction of sp³-hybridized carbons (Fsp3) is 0.308. The zero-order valence-electron chi connectivity index (χ0n) is 10.6. The quantitative estimate of drug-likeness (QED) is 0.860. The number of aromatic nitrogens is 3. The van der Waals surface area contributed by atoms with Gasteiger partial charge in [0.2, 0.25) is 0 Å². The first-order valence-corrected chi connectivity index (χ1v) is 6.10. The molecule has 0 aliphatic heterocycles. The molecule has 98 valence electrons. The van der Waals surface area contributed by atoms with E-state index in [2.05, 4.69) is 10.2 Å². The summed E-state index contributed by atoms with van der Waals surface area (Å²) in [5.41, 5.74) is 6.88. The molecule has 2 aromatic rings. The van der Waals surface area contributed by atoms with E-state index in [-0.39, 0.29) is 11.7 Å². The molecular formula is C13H15N5O. The Kier molecular flexibility index (Phi) is 3.78. The summed E-state index contributed by atoms with van der Waals surface area (Å²) in [5.74, 6) is 0.511. The number of aromatic amines is 1. The van der Waals surface area contributed by atoms with Crippen molar-refractivity contribution in [2.24, 2.45) is 5.73 Å². The van der Waals surface area contributed by atoms with Crippen LogP contribution in [0.4, 0.5) is 0 Å². The highest BCUT2D eigenvalue weighted by atomic mass is 16.1. The molecule has 1 aromatic heterocycles. The molecule has 0 saturated heterocycles. The number of nitrogens with two attached hydrogens (primary N) is 1. The summed E-state index contributed by atoms with van der Waals surface area (Å²) in [7, 11) is 0. The Morgan fingerprint density at radius 3 is 2.74 bits per heavy atom. The van der Waals surface area contributed by atoms with Gasteiger partial charge in [-0.3, -0.25) is 0 Å². The van der Waals surface area contributed by atoms with E-state index in [9.17, 15) is 4.79 Å². The van der Waals surface area contributed by atoms with Crippen LogP contribution in [0.5, 0.6) is 0 Å². The molecule has 1 heterocycles. The summed E-state index contributed by atoms with van der Waals surface area (Å²) in [6, 6.07) is 8.47. The van der Waals surface area contributed by atoms with Crippen molar-refractivity contribution >= 4 is 0 Å². The molecule has 6 heteroatoms. The first kappa shape index (κ1) is 13.1. The Labute approximate surface area is 110 Å². The Morgan fingerprint density at radius 2 is 2.16 bits per heavy atom. The van der Waals surface area contributed by atoms with E-state index in [0.717, 1.165) is 12.8 Å². The first-order valence-electron chi connectivity index (χ1n) is 6.10. The molecule has 0 spiro atoms. The highest BCUT2D eigenvalue weighted by molar-refractivity contribution is 5.39. The van der Waals surface area contributed by atoms with Crippen molar-refractivity contribution in [2.45, 2.75) is 25.8 Å². The number of hydrogen-bond acceptors (Lipinski definition) is 4. The zero-order valence-corrected chi connectivity index (χ0v) is 10.6. The number of benzene rings is 1. The first-order chi connectivity index (χ1) is 9.17. The molecule has 6 nitrogen and oxygen atoms in total. The third-order valence-electron chi connectivity index (χ3n) is 2.88. The van der Waals surface area contributed by atoms with E-state index in [1.54, 1.807) is 24.3 Å². The van der Waals surface area contributed by atoms with Crippen LogP contribution < -0.4 is 11.4 Å². The molecule has 0 aliphatic rings. The van der Waals surface area contributed by atoms with E-state index in [4.69, 9.17) is 11.0 Å². The van der Waals surface area contributed by atoms with Gasteiger partial charge in [0.15, 0.2) is 5.82 Å². The second kappa shape index (κ2) is 5.50. The van der Waals surface area contributed by atoms with E-state index in [1.807, 2.05) is 13.0 Å². The Morgan fingerprint density at radius 1 is 1.47 bits per heavy atom. The fourth-order valence-corrected chi connectivity index (χ4v) is 1.93. The van der Waals surface area contributed by atoms with Gasteiger partial charge in [0.05, 0.1) is 23.4 Å². The van der Waals surface area contributed by atoms with Crippen LogP contribution in [0.2, 0.25) is 0 Å². The SMILES string of the molecule is CCCC(N)c1n[nH]c(=O)n1-c1ccc(C#N)cc1. The second-order valence-electron chi connectivity index (χ2n) is 4.28. The van der Waals surface area contributed by atoms with Gasteiger partial charge in [-0.25, -0.2) is 14.5 Å². The van der Waals surface area contributed by atoms with Crippen molar-refractivity contribution in [3.05, 3.63) is 46.1 Å². The minimum absolute atomic E-state index is 0.292. The lowest BCUT2D eigenvalue weighted by molar-refractivity contribution is 0.589. The average Bonchev–Trinajstić information content (AvgIpc) is 2.81. The average molecular weight is 257 g/mol. The van der Waals surface area contributed by atoms with Gasteiger partial charge in [-0.15, -0.1) is 0 Å². The molecule has 3 N–H and O–H groups in total. The lowest BCUT2D eigenvalue weighted by Crippen LogP contribution is -2.21. The Bertz CT molecular complexity index is 647. The smallest absolute Gasteiger partial charge is 0.321 e. The van der Waals surface area contributed by atoms with Gasteiger partial charge in [0, 0.05) is 0 Å².